The van der Waals surface area contributed by atoms with Crippen molar-refractivity contribution in [2.45, 2.75) is 0 Å². The van der Waals surface area contributed by atoms with Crippen LogP contribution in [0.4, 0.5) is 17.1 Å². The molecular formula is C30H23N3O. The second-order valence-corrected chi connectivity index (χ2v) is 7.81. The Balaban J connectivity index is 1.38. The molecule has 0 amide bonds. The van der Waals surface area contributed by atoms with Crippen molar-refractivity contribution < 1.29 is 5.11 Å². The smallest absolute Gasteiger partial charge is 0.125 e. The number of hydrogen-bond donors (Lipinski definition) is 1. The summed E-state index contributed by atoms with van der Waals surface area (Å²) in [6, 6.07) is 40.2. The van der Waals surface area contributed by atoms with Crippen LogP contribution in [-0.2, 0) is 0 Å². The third kappa shape index (κ3) is 4.57. The predicted molar refractivity (Wildman–Crippen MR) is 142 cm³/mol. The molecule has 5 rings (SSSR count). The van der Waals surface area contributed by atoms with Crippen LogP contribution in [0.1, 0.15) is 11.1 Å². The number of aromatic hydroxyl groups is 1. The lowest BCUT2D eigenvalue weighted by molar-refractivity contribution is 0.475. The van der Waals surface area contributed by atoms with Crippen LogP contribution in [0.15, 0.2) is 132 Å². The number of rotatable bonds is 6. The van der Waals surface area contributed by atoms with Crippen LogP contribution in [0.5, 0.6) is 5.75 Å². The number of nitrogens with zero attached hydrogens (tertiary/aromatic N) is 3. The zero-order chi connectivity index (χ0) is 23.2. The molecule has 0 spiro atoms. The molecule has 0 unspecified atom stereocenters. The first-order valence-electron chi connectivity index (χ1n) is 11.1. The molecule has 0 heterocycles. The zero-order valence-corrected chi connectivity index (χ0v) is 18.5. The van der Waals surface area contributed by atoms with Gasteiger partial charge in [-0.2, -0.15) is 10.2 Å². The zero-order valence-electron chi connectivity index (χ0n) is 18.5. The van der Waals surface area contributed by atoms with Crippen molar-refractivity contribution in [3.05, 3.63) is 132 Å². The van der Waals surface area contributed by atoms with E-state index in [0.29, 0.717) is 5.56 Å². The second kappa shape index (κ2) is 9.84. The third-order valence-electron chi connectivity index (χ3n) is 5.59. The monoisotopic (exact) mass is 441 g/mol. The van der Waals surface area contributed by atoms with E-state index in [0.717, 1.165) is 33.4 Å². The van der Waals surface area contributed by atoms with E-state index in [1.807, 2.05) is 78.9 Å². The summed E-state index contributed by atoms with van der Waals surface area (Å²) in [6.45, 7) is 0. The van der Waals surface area contributed by atoms with Gasteiger partial charge in [0.15, 0.2) is 0 Å². The molecule has 0 radical (unpaired) electrons. The molecule has 0 saturated heterocycles. The molecule has 5 aromatic rings. The summed E-state index contributed by atoms with van der Waals surface area (Å²) in [5.74, 6) is 0.184. The highest BCUT2D eigenvalue weighted by Crippen LogP contribution is 2.34. The van der Waals surface area contributed by atoms with E-state index in [4.69, 9.17) is 0 Å². The highest BCUT2D eigenvalue weighted by atomic mass is 16.3. The second-order valence-electron chi connectivity index (χ2n) is 7.81. The lowest BCUT2D eigenvalue weighted by Crippen LogP contribution is -2.09. The Morgan fingerprint density at radius 2 is 1.09 bits per heavy atom. The molecule has 0 fully saturated rings. The lowest BCUT2D eigenvalue weighted by Gasteiger charge is -2.25. The van der Waals surface area contributed by atoms with E-state index in [-0.39, 0.29) is 5.75 Å². The average molecular weight is 442 g/mol. The van der Waals surface area contributed by atoms with Gasteiger partial charge in [-0.15, -0.1) is 0 Å². The van der Waals surface area contributed by atoms with Crippen LogP contribution in [0.25, 0.3) is 10.8 Å². The van der Waals surface area contributed by atoms with Gasteiger partial charge < -0.3 is 10.0 Å². The van der Waals surface area contributed by atoms with E-state index in [1.165, 1.54) is 0 Å². The molecule has 4 heteroatoms. The summed E-state index contributed by atoms with van der Waals surface area (Å²) in [7, 11) is 0. The fourth-order valence-electron chi connectivity index (χ4n) is 3.92. The number of fused-ring (bicyclic) bond motifs is 1. The minimum absolute atomic E-state index is 0.184. The largest absolute Gasteiger partial charge is 0.507 e. The number of hydrogen-bond acceptors (Lipinski definition) is 4. The molecule has 4 nitrogen and oxygen atoms in total. The highest BCUT2D eigenvalue weighted by Gasteiger charge is 2.11. The summed E-state index contributed by atoms with van der Waals surface area (Å²) in [5.41, 5.74) is 4.83. The number of anilines is 3. The highest BCUT2D eigenvalue weighted by molar-refractivity contribution is 6.02. The standard InChI is InChI=1S/C30H23N3O/c34-30-20-17-24-9-7-8-14-28(24)29(30)22-32-31-21-23-15-18-27(19-16-23)33(25-10-3-1-4-11-25)26-12-5-2-6-13-26/h1-22,34H/b31-21+,32-22+. The van der Waals surface area contributed by atoms with Gasteiger partial charge in [0.25, 0.3) is 0 Å². The van der Waals surface area contributed by atoms with Crippen molar-refractivity contribution in [2.75, 3.05) is 4.90 Å². The molecule has 0 aliphatic carbocycles. The van der Waals surface area contributed by atoms with E-state index < -0.39 is 0 Å². The molecule has 0 atom stereocenters. The number of phenols is 1. The lowest BCUT2D eigenvalue weighted by atomic mass is 10.0. The van der Waals surface area contributed by atoms with Gasteiger partial charge >= 0.3 is 0 Å². The molecule has 0 saturated carbocycles. The maximum atomic E-state index is 10.2. The molecule has 0 aliphatic heterocycles. The Hall–Kier alpha value is -4.70. The van der Waals surface area contributed by atoms with E-state index >= 15 is 0 Å². The molecular weight excluding hydrogens is 418 g/mol. The fraction of sp³-hybridized carbons (Fsp3) is 0. The van der Waals surface area contributed by atoms with Gasteiger partial charge in [-0.1, -0.05) is 78.9 Å². The van der Waals surface area contributed by atoms with Crippen molar-refractivity contribution in [3.63, 3.8) is 0 Å². The summed E-state index contributed by atoms with van der Waals surface area (Å²) < 4.78 is 0. The van der Waals surface area contributed by atoms with Crippen molar-refractivity contribution in [1.82, 2.24) is 0 Å². The number of para-hydroxylation sites is 2. The Labute approximate surface area is 198 Å². The van der Waals surface area contributed by atoms with E-state index in [2.05, 4.69) is 51.5 Å². The number of benzene rings is 5. The minimum Gasteiger partial charge on any atom is -0.507 e. The fourth-order valence-corrected chi connectivity index (χ4v) is 3.92. The Bertz CT molecular complexity index is 1400. The van der Waals surface area contributed by atoms with Crippen LogP contribution >= 0.6 is 0 Å². The van der Waals surface area contributed by atoms with Crippen LogP contribution in [0.3, 0.4) is 0 Å². The SMILES string of the molecule is Oc1ccc2ccccc2c1/C=N/N=C/c1ccc(N(c2ccccc2)c2ccccc2)cc1. The summed E-state index contributed by atoms with van der Waals surface area (Å²) in [5, 5.41) is 20.6. The summed E-state index contributed by atoms with van der Waals surface area (Å²) in [6.07, 6.45) is 3.30. The molecule has 34 heavy (non-hydrogen) atoms. The first-order chi connectivity index (χ1) is 16.8. The van der Waals surface area contributed by atoms with Gasteiger partial charge in [-0.25, -0.2) is 0 Å². The average Bonchev–Trinajstić information content (AvgIpc) is 2.90. The van der Waals surface area contributed by atoms with Crippen LogP contribution in [-0.4, -0.2) is 17.5 Å². The van der Waals surface area contributed by atoms with Gasteiger partial charge in [0.05, 0.1) is 12.4 Å². The van der Waals surface area contributed by atoms with Gasteiger partial charge in [0.1, 0.15) is 5.75 Å². The van der Waals surface area contributed by atoms with Gasteiger partial charge in [-0.3, -0.25) is 0 Å². The molecule has 5 aromatic carbocycles. The molecule has 0 aliphatic rings. The molecule has 0 bridgehead atoms. The third-order valence-corrected chi connectivity index (χ3v) is 5.59. The molecule has 164 valence electrons. The van der Waals surface area contributed by atoms with E-state index in [9.17, 15) is 5.11 Å². The quantitative estimate of drug-likeness (QED) is 0.219. The Morgan fingerprint density at radius 1 is 0.529 bits per heavy atom. The normalized spacial score (nSPS) is 11.4. The Morgan fingerprint density at radius 3 is 1.76 bits per heavy atom. The Kier molecular flexibility index (Phi) is 6.12. The maximum Gasteiger partial charge on any atom is 0.125 e. The molecule has 1 N–H and O–H groups in total. The van der Waals surface area contributed by atoms with Crippen LogP contribution in [0.2, 0.25) is 0 Å². The van der Waals surface area contributed by atoms with Crippen molar-refractivity contribution in [1.29, 1.82) is 0 Å². The first-order valence-corrected chi connectivity index (χ1v) is 11.1. The predicted octanol–water partition coefficient (Wildman–Crippen LogP) is 7.47. The minimum atomic E-state index is 0.184. The van der Waals surface area contributed by atoms with Crippen molar-refractivity contribution in [2.24, 2.45) is 10.2 Å². The van der Waals surface area contributed by atoms with Gasteiger partial charge in [0.2, 0.25) is 0 Å². The van der Waals surface area contributed by atoms with Crippen molar-refractivity contribution >= 4 is 40.3 Å². The van der Waals surface area contributed by atoms with Gasteiger partial charge in [0, 0.05) is 22.6 Å². The van der Waals surface area contributed by atoms with Gasteiger partial charge in [-0.05, 0) is 58.8 Å². The van der Waals surface area contributed by atoms with Crippen LogP contribution in [0, 0.1) is 0 Å². The van der Waals surface area contributed by atoms with E-state index in [1.54, 1.807) is 18.5 Å². The van der Waals surface area contributed by atoms with Crippen molar-refractivity contribution in [3.8, 4) is 5.75 Å². The summed E-state index contributed by atoms with van der Waals surface area (Å²) in [4.78, 5) is 2.21. The number of phenolic OH excluding ortho intramolecular Hbond substituents is 1. The summed E-state index contributed by atoms with van der Waals surface area (Å²) >= 11 is 0. The van der Waals surface area contributed by atoms with Crippen LogP contribution < -0.4 is 4.90 Å². The first kappa shape index (κ1) is 21.2. The topological polar surface area (TPSA) is 48.2 Å². The molecule has 0 aromatic heterocycles. The maximum absolute atomic E-state index is 10.2.